The lowest BCUT2D eigenvalue weighted by atomic mass is 10.1. The summed E-state index contributed by atoms with van der Waals surface area (Å²) in [5, 5.41) is 2.75. The number of carbonyl (C=O) groups excluding carboxylic acids is 2. The van der Waals surface area contributed by atoms with Crippen molar-refractivity contribution in [2.24, 2.45) is 5.73 Å². The van der Waals surface area contributed by atoms with Crippen molar-refractivity contribution in [3.05, 3.63) is 35.9 Å². The lowest BCUT2D eigenvalue weighted by molar-refractivity contribution is -0.157. The molecule has 1 atom stereocenters. The average molecular weight is 292 g/mol. The van der Waals surface area contributed by atoms with Gasteiger partial charge in [0.25, 0.3) is 0 Å². The molecule has 0 saturated heterocycles. The van der Waals surface area contributed by atoms with Gasteiger partial charge in [-0.2, -0.15) is 0 Å². The van der Waals surface area contributed by atoms with Crippen LogP contribution in [0, 0.1) is 0 Å². The van der Waals surface area contributed by atoms with E-state index in [1.807, 2.05) is 30.3 Å². The molecule has 5 nitrogen and oxygen atoms in total. The van der Waals surface area contributed by atoms with Gasteiger partial charge in [0.15, 0.2) is 0 Å². The molecule has 5 heteroatoms. The number of rotatable bonds is 6. The molecule has 1 rings (SSSR count). The standard InChI is InChI=1S/C16H24N2O3/c1-16(2,3)21-15(20)13(17)11-14(19)18-10-9-12-7-5-4-6-8-12/h4-8,13H,9-11,17H2,1-3H3,(H,18,19). The minimum Gasteiger partial charge on any atom is -0.459 e. The van der Waals surface area contributed by atoms with Gasteiger partial charge >= 0.3 is 5.97 Å². The van der Waals surface area contributed by atoms with Crippen LogP contribution in [0.15, 0.2) is 30.3 Å². The number of ether oxygens (including phenoxy) is 1. The highest BCUT2D eigenvalue weighted by molar-refractivity contribution is 5.85. The van der Waals surface area contributed by atoms with E-state index in [1.165, 1.54) is 0 Å². The van der Waals surface area contributed by atoms with Crippen LogP contribution in [0.3, 0.4) is 0 Å². The van der Waals surface area contributed by atoms with Crippen LogP contribution in [0.4, 0.5) is 0 Å². The van der Waals surface area contributed by atoms with E-state index >= 15 is 0 Å². The second kappa shape index (κ2) is 7.78. The maximum absolute atomic E-state index is 11.7. The summed E-state index contributed by atoms with van der Waals surface area (Å²) in [6.07, 6.45) is 0.679. The molecule has 0 bridgehead atoms. The number of amides is 1. The number of hydrogen-bond donors (Lipinski definition) is 2. The van der Waals surface area contributed by atoms with Gasteiger partial charge in [0.1, 0.15) is 11.6 Å². The largest absolute Gasteiger partial charge is 0.459 e. The van der Waals surface area contributed by atoms with Crippen molar-refractivity contribution in [1.29, 1.82) is 0 Å². The number of benzene rings is 1. The summed E-state index contributed by atoms with van der Waals surface area (Å²) in [6, 6.07) is 8.92. The number of carbonyl (C=O) groups is 2. The van der Waals surface area contributed by atoms with Gasteiger partial charge in [0.2, 0.25) is 5.91 Å². The van der Waals surface area contributed by atoms with Crippen molar-refractivity contribution in [3.63, 3.8) is 0 Å². The van der Waals surface area contributed by atoms with Crippen LogP contribution >= 0.6 is 0 Å². The molecule has 0 spiro atoms. The lowest BCUT2D eigenvalue weighted by Gasteiger charge is -2.22. The maximum Gasteiger partial charge on any atom is 0.323 e. The molecule has 0 aliphatic carbocycles. The Kier molecular flexibility index (Phi) is 6.37. The number of esters is 1. The zero-order valence-electron chi connectivity index (χ0n) is 12.9. The monoisotopic (exact) mass is 292 g/mol. The molecule has 0 heterocycles. The first-order chi connectivity index (χ1) is 9.78. The van der Waals surface area contributed by atoms with Gasteiger partial charge in [-0.05, 0) is 32.8 Å². The average Bonchev–Trinajstić information content (AvgIpc) is 2.37. The van der Waals surface area contributed by atoms with E-state index in [9.17, 15) is 9.59 Å². The van der Waals surface area contributed by atoms with Crippen LogP contribution < -0.4 is 11.1 Å². The van der Waals surface area contributed by atoms with Gasteiger partial charge in [-0.15, -0.1) is 0 Å². The molecule has 1 unspecified atom stereocenters. The van der Waals surface area contributed by atoms with Crippen molar-refractivity contribution < 1.29 is 14.3 Å². The number of nitrogens with one attached hydrogen (secondary N) is 1. The molecule has 0 aliphatic rings. The van der Waals surface area contributed by atoms with Gasteiger partial charge in [-0.3, -0.25) is 9.59 Å². The smallest absolute Gasteiger partial charge is 0.323 e. The highest BCUT2D eigenvalue weighted by atomic mass is 16.6. The zero-order chi connectivity index (χ0) is 15.9. The first-order valence-corrected chi connectivity index (χ1v) is 7.07. The van der Waals surface area contributed by atoms with E-state index in [2.05, 4.69) is 5.32 Å². The summed E-state index contributed by atoms with van der Waals surface area (Å²) in [5.74, 6) is -0.801. The Balaban J connectivity index is 2.28. The van der Waals surface area contributed by atoms with Crippen molar-refractivity contribution in [1.82, 2.24) is 5.32 Å². The molecule has 116 valence electrons. The minimum absolute atomic E-state index is 0.0658. The first-order valence-electron chi connectivity index (χ1n) is 7.07. The van der Waals surface area contributed by atoms with Gasteiger partial charge in [0, 0.05) is 6.54 Å². The molecule has 0 fully saturated rings. The molecular weight excluding hydrogens is 268 g/mol. The minimum atomic E-state index is -0.930. The molecule has 1 aromatic rings. The quantitative estimate of drug-likeness (QED) is 0.777. The summed E-state index contributed by atoms with van der Waals surface area (Å²) in [7, 11) is 0. The molecule has 1 aromatic carbocycles. The second-order valence-electron chi connectivity index (χ2n) is 5.93. The number of nitrogens with two attached hydrogens (primary N) is 1. The van der Waals surface area contributed by atoms with Crippen molar-refractivity contribution in [2.45, 2.75) is 45.3 Å². The van der Waals surface area contributed by atoms with E-state index in [-0.39, 0.29) is 12.3 Å². The molecular formula is C16H24N2O3. The van der Waals surface area contributed by atoms with Crippen molar-refractivity contribution in [3.8, 4) is 0 Å². The Morgan fingerprint density at radius 3 is 2.43 bits per heavy atom. The summed E-state index contributed by atoms with van der Waals surface area (Å²) in [5.41, 5.74) is 6.22. The van der Waals surface area contributed by atoms with Crippen molar-refractivity contribution >= 4 is 11.9 Å². The van der Waals surface area contributed by atoms with Gasteiger partial charge in [-0.25, -0.2) is 0 Å². The lowest BCUT2D eigenvalue weighted by Crippen LogP contribution is -2.41. The Hall–Kier alpha value is -1.88. The molecule has 0 aromatic heterocycles. The van der Waals surface area contributed by atoms with E-state index in [0.717, 1.165) is 12.0 Å². The fourth-order valence-corrected chi connectivity index (χ4v) is 1.72. The highest BCUT2D eigenvalue weighted by Crippen LogP contribution is 2.08. The topological polar surface area (TPSA) is 81.4 Å². The van der Waals surface area contributed by atoms with E-state index in [0.29, 0.717) is 6.54 Å². The van der Waals surface area contributed by atoms with Crippen molar-refractivity contribution in [2.75, 3.05) is 6.54 Å². The third kappa shape index (κ3) is 7.46. The third-order valence-electron chi connectivity index (χ3n) is 2.69. The predicted octanol–water partition coefficient (Wildman–Crippen LogP) is 1.40. The van der Waals surface area contributed by atoms with E-state index in [1.54, 1.807) is 20.8 Å². The van der Waals surface area contributed by atoms with E-state index < -0.39 is 17.6 Å². The Bertz CT molecular complexity index is 466. The fourth-order valence-electron chi connectivity index (χ4n) is 1.72. The van der Waals surface area contributed by atoms with Gasteiger partial charge < -0.3 is 15.8 Å². The summed E-state index contributed by atoms with van der Waals surface area (Å²) in [4.78, 5) is 23.4. The molecule has 3 N–H and O–H groups in total. The summed E-state index contributed by atoms with van der Waals surface area (Å²) < 4.78 is 5.13. The highest BCUT2D eigenvalue weighted by Gasteiger charge is 2.23. The van der Waals surface area contributed by atoms with Crippen LogP contribution in [0.25, 0.3) is 0 Å². The Morgan fingerprint density at radius 1 is 1.24 bits per heavy atom. The number of hydrogen-bond acceptors (Lipinski definition) is 4. The van der Waals surface area contributed by atoms with Crippen LogP contribution in [-0.2, 0) is 20.7 Å². The normalized spacial score (nSPS) is 12.6. The molecule has 1 amide bonds. The molecule has 0 radical (unpaired) electrons. The van der Waals surface area contributed by atoms with Gasteiger partial charge in [-0.1, -0.05) is 30.3 Å². The predicted molar refractivity (Wildman–Crippen MR) is 81.6 cm³/mol. The van der Waals surface area contributed by atoms with Crippen LogP contribution in [0.2, 0.25) is 0 Å². The maximum atomic E-state index is 11.7. The van der Waals surface area contributed by atoms with Gasteiger partial charge in [0.05, 0.1) is 6.42 Å². The first kappa shape index (κ1) is 17.2. The van der Waals surface area contributed by atoms with Crippen LogP contribution in [0.5, 0.6) is 0 Å². The third-order valence-corrected chi connectivity index (χ3v) is 2.69. The van der Waals surface area contributed by atoms with Crippen LogP contribution in [0.1, 0.15) is 32.8 Å². The molecule has 0 aliphatic heterocycles. The SMILES string of the molecule is CC(C)(C)OC(=O)C(N)CC(=O)NCCc1ccccc1. The Labute approximate surface area is 125 Å². The van der Waals surface area contributed by atoms with E-state index in [4.69, 9.17) is 10.5 Å². The fraction of sp³-hybridized carbons (Fsp3) is 0.500. The summed E-state index contributed by atoms with van der Waals surface area (Å²) >= 11 is 0. The Morgan fingerprint density at radius 2 is 1.86 bits per heavy atom. The second-order valence-corrected chi connectivity index (χ2v) is 5.93. The van der Waals surface area contributed by atoms with Crippen LogP contribution in [-0.4, -0.2) is 30.1 Å². The zero-order valence-corrected chi connectivity index (χ0v) is 12.9. The summed E-state index contributed by atoms with van der Waals surface area (Å²) in [6.45, 7) is 5.80. The molecule has 21 heavy (non-hydrogen) atoms. The molecule has 0 saturated carbocycles.